The third-order valence-corrected chi connectivity index (χ3v) is 3.51. The normalized spacial score (nSPS) is 18.0. The topological polar surface area (TPSA) is 64.7 Å². The SMILES string of the molecule is N[C@H](c1ccc2c(c1)OC(F)(F)O2)[C@@H](O)Cc1ccccc1. The van der Waals surface area contributed by atoms with E-state index in [2.05, 4.69) is 9.47 Å². The van der Waals surface area contributed by atoms with Crippen molar-refractivity contribution in [2.24, 2.45) is 5.73 Å². The van der Waals surface area contributed by atoms with Gasteiger partial charge in [0.15, 0.2) is 11.5 Å². The van der Waals surface area contributed by atoms with Crippen molar-refractivity contribution >= 4 is 0 Å². The number of halogens is 2. The zero-order valence-corrected chi connectivity index (χ0v) is 11.6. The van der Waals surface area contributed by atoms with Crippen molar-refractivity contribution in [3.63, 3.8) is 0 Å². The molecular formula is C16H15F2NO3. The lowest BCUT2D eigenvalue weighted by Gasteiger charge is -2.19. The maximum absolute atomic E-state index is 13.0. The van der Waals surface area contributed by atoms with Crippen LogP contribution in [-0.2, 0) is 6.42 Å². The predicted octanol–water partition coefficient (Wildman–Crippen LogP) is 2.61. The quantitative estimate of drug-likeness (QED) is 0.911. The van der Waals surface area contributed by atoms with Crippen LogP contribution >= 0.6 is 0 Å². The summed E-state index contributed by atoms with van der Waals surface area (Å²) in [5, 5.41) is 10.2. The van der Waals surface area contributed by atoms with Crippen molar-refractivity contribution in [1.82, 2.24) is 0 Å². The molecule has 0 amide bonds. The van der Waals surface area contributed by atoms with Crippen LogP contribution < -0.4 is 15.2 Å². The number of benzene rings is 2. The van der Waals surface area contributed by atoms with Crippen LogP contribution in [0.1, 0.15) is 17.2 Å². The summed E-state index contributed by atoms with van der Waals surface area (Å²) < 4.78 is 34.7. The van der Waals surface area contributed by atoms with E-state index in [-0.39, 0.29) is 11.5 Å². The van der Waals surface area contributed by atoms with E-state index in [1.807, 2.05) is 30.3 Å². The van der Waals surface area contributed by atoms with Gasteiger partial charge in [-0.3, -0.25) is 0 Å². The Bertz CT molecular complexity index is 664. The summed E-state index contributed by atoms with van der Waals surface area (Å²) in [6.45, 7) is 0. The molecule has 0 unspecified atom stereocenters. The van der Waals surface area contributed by atoms with E-state index >= 15 is 0 Å². The highest BCUT2D eigenvalue weighted by Gasteiger charge is 2.43. The Kier molecular flexibility index (Phi) is 3.72. The molecule has 116 valence electrons. The van der Waals surface area contributed by atoms with Gasteiger partial charge in [0.05, 0.1) is 12.1 Å². The number of nitrogens with two attached hydrogens (primary N) is 1. The molecule has 0 saturated heterocycles. The first-order valence-corrected chi connectivity index (χ1v) is 6.82. The smallest absolute Gasteiger partial charge is 0.395 e. The molecule has 0 spiro atoms. The highest BCUT2D eigenvalue weighted by atomic mass is 19.3. The molecule has 6 heteroatoms. The second-order valence-corrected chi connectivity index (χ2v) is 5.16. The predicted molar refractivity (Wildman–Crippen MR) is 75.7 cm³/mol. The summed E-state index contributed by atoms with van der Waals surface area (Å²) in [5.74, 6) is -0.122. The summed E-state index contributed by atoms with van der Waals surface area (Å²) in [7, 11) is 0. The molecule has 2 atom stereocenters. The van der Waals surface area contributed by atoms with Crippen LogP contribution in [0.3, 0.4) is 0 Å². The zero-order chi connectivity index (χ0) is 15.7. The third-order valence-electron chi connectivity index (χ3n) is 3.51. The lowest BCUT2D eigenvalue weighted by molar-refractivity contribution is -0.286. The van der Waals surface area contributed by atoms with Crippen molar-refractivity contribution in [3.8, 4) is 11.5 Å². The average molecular weight is 307 g/mol. The minimum absolute atomic E-state index is 0.0431. The third kappa shape index (κ3) is 3.03. The molecule has 1 aliphatic heterocycles. The summed E-state index contributed by atoms with van der Waals surface area (Å²) in [6.07, 6.45) is -4.14. The lowest BCUT2D eigenvalue weighted by Crippen LogP contribution is -2.28. The number of aliphatic hydroxyl groups excluding tert-OH is 1. The number of aliphatic hydroxyl groups is 1. The first-order valence-electron chi connectivity index (χ1n) is 6.82. The molecule has 1 heterocycles. The van der Waals surface area contributed by atoms with Crippen LogP contribution in [0.15, 0.2) is 48.5 Å². The van der Waals surface area contributed by atoms with Gasteiger partial charge in [0.25, 0.3) is 0 Å². The van der Waals surface area contributed by atoms with Crippen LogP contribution in [0.25, 0.3) is 0 Å². The number of hydrogen-bond donors (Lipinski definition) is 2. The van der Waals surface area contributed by atoms with E-state index in [1.54, 1.807) is 6.07 Å². The number of ether oxygens (including phenoxy) is 2. The maximum Gasteiger partial charge on any atom is 0.586 e. The fourth-order valence-electron chi connectivity index (χ4n) is 2.38. The van der Waals surface area contributed by atoms with E-state index in [0.717, 1.165) is 5.56 Å². The van der Waals surface area contributed by atoms with Gasteiger partial charge in [0.1, 0.15) is 0 Å². The Morgan fingerprint density at radius 1 is 1.05 bits per heavy atom. The average Bonchev–Trinajstić information content (AvgIpc) is 2.80. The van der Waals surface area contributed by atoms with Gasteiger partial charge in [-0.2, -0.15) is 0 Å². The monoisotopic (exact) mass is 307 g/mol. The van der Waals surface area contributed by atoms with Crippen LogP contribution in [0.2, 0.25) is 0 Å². The molecule has 2 aromatic rings. The number of alkyl halides is 2. The molecule has 0 bridgehead atoms. The van der Waals surface area contributed by atoms with Crippen molar-refractivity contribution in [2.45, 2.75) is 24.9 Å². The zero-order valence-electron chi connectivity index (χ0n) is 11.6. The maximum atomic E-state index is 13.0. The summed E-state index contributed by atoms with van der Waals surface area (Å²) >= 11 is 0. The van der Waals surface area contributed by atoms with Crippen LogP contribution in [0.4, 0.5) is 8.78 Å². The van der Waals surface area contributed by atoms with Crippen molar-refractivity contribution < 1.29 is 23.4 Å². The summed E-state index contributed by atoms with van der Waals surface area (Å²) in [6, 6.07) is 13.0. The molecule has 22 heavy (non-hydrogen) atoms. The van der Waals surface area contributed by atoms with E-state index < -0.39 is 18.4 Å². The van der Waals surface area contributed by atoms with Gasteiger partial charge < -0.3 is 20.3 Å². The Morgan fingerprint density at radius 2 is 1.73 bits per heavy atom. The fourth-order valence-corrected chi connectivity index (χ4v) is 2.38. The van der Waals surface area contributed by atoms with Gasteiger partial charge in [-0.15, -0.1) is 8.78 Å². The Balaban J connectivity index is 1.74. The van der Waals surface area contributed by atoms with Crippen LogP contribution in [0, 0.1) is 0 Å². The second-order valence-electron chi connectivity index (χ2n) is 5.16. The molecule has 3 N–H and O–H groups in total. The minimum atomic E-state index is -3.66. The van der Waals surface area contributed by atoms with Gasteiger partial charge in [-0.05, 0) is 23.3 Å². The lowest BCUT2D eigenvalue weighted by atomic mass is 9.96. The molecule has 0 saturated carbocycles. The molecule has 0 aromatic heterocycles. The van der Waals surface area contributed by atoms with Gasteiger partial charge in [0.2, 0.25) is 0 Å². The second kappa shape index (κ2) is 5.55. The molecule has 3 rings (SSSR count). The number of hydrogen-bond acceptors (Lipinski definition) is 4. The highest BCUT2D eigenvalue weighted by molar-refractivity contribution is 5.46. The standard InChI is InChI=1S/C16H15F2NO3/c17-16(18)21-13-7-6-11(9-14(13)22-16)15(19)12(20)8-10-4-2-1-3-5-10/h1-7,9,12,15,20H,8,19H2/t12-,15+/m0/s1. The minimum Gasteiger partial charge on any atom is -0.395 e. The van der Waals surface area contributed by atoms with Gasteiger partial charge in [0, 0.05) is 6.42 Å². The Hall–Kier alpha value is -2.18. The number of rotatable bonds is 4. The molecular weight excluding hydrogens is 292 g/mol. The van der Waals surface area contributed by atoms with Crippen molar-refractivity contribution in [1.29, 1.82) is 0 Å². The van der Waals surface area contributed by atoms with Gasteiger partial charge >= 0.3 is 6.29 Å². The Morgan fingerprint density at radius 3 is 2.45 bits per heavy atom. The van der Waals surface area contributed by atoms with E-state index in [4.69, 9.17) is 5.73 Å². The van der Waals surface area contributed by atoms with Gasteiger partial charge in [-0.1, -0.05) is 36.4 Å². The first-order chi connectivity index (χ1) is 10.4. The number of fused-ring (bicyclic) bond motifs is 1. The molecule has 0 radical (unpaired) electrons. The van der Waals surface area contributed by atoms with Gasteiger partial charge in [-0.25, -0.2) is 0 Å². The Labute approximate surface area is 126 Å². The van der Waals surface area contributed by atoms with E-state index in [1.165, 1.54) is 12.1 Å². The fraction of sp³-hybridized carbons (Fsp3) is 0.250. The van der Waals surface area contributed by atoms with Crippen molar-refractivity contribution in [3.05, 3.63) is 59.7 Å². The molecule has 0 fully saturated rings. The van der Waals surface area contributed by atoms with E-state index in [9.17, 15) is 13.9 Å². The summed E-state index contributed by atoms with van der Waals surface area (Å²) in [4.78, 5) is 0. The largest absolute Gasteiger partial charge is 0.586 e. The first kappa shape index (κ1) is 14.7. The van der Waals surface area contributed by atoms with Crippen LogP contribution in [0.5, 0.6) is 11.5 Å². The highest BCUT2D eigenvalue weighted by Crippen LogP contribution is 2.42. The van der Waals surface area contributed by atoms with Crippen molar-refractivity contribution in [2.75, 3.05) is 0 Å². The molecule has 2 aromatic carbocycles. The molecule has 0 aliphatic carbocycles. The van der Waals surface area contributed by atoms with Crippen LogP contribution in [-0.4, -0.2) is 17.5 Å². The molecule has 4 nitrogen and oxygen atoms in total. The van der Waals surface area contributed by atoms with E-state index in [0.29, 0.717) is 12.0 Å². The molecule has 1 aliphatic rings. The summed E-state index contributed by atoms with van der Waals surface area (Å²) in [5.41, 5.74) is 7.46.